The molecule has 0 bridgehead atoms. The summed E-state index contributed by atoms with van der Waals surface area (Å²) in [5.41, 5.74) is 8.60. The molecule has 8 aromatic rings. The molecule has 0 saturated heterocycles. The Morgan fingerprint density at radius 3 is 1.18 bits per heavy atom. The van der Waals surface area contributed by atoms with E-state index in [-0.39, 0.29) is 13.2 Å². The summed E-state index contributed by atoms with van der Waals surface area (Å²) in [5.74, 6) is 0. The van der Waals surface area contributed by atoms with E-state index >= 15 is 0 Å². The molecular formula is C48H41N2O3PS2. The Balaban J connectivity index is 1.14. The average Bonchev–Trinajstić information content (AvgIpc) is 3.93. The zero-order valence-corrected chi connectivity index (χ0v) is 33.7. The van der Waals surface area contributed by atoms with E-state index in [1.807, 2.05) is 44.2 Å². The fourth-order valence-electron chi connectivity index (χ4n) is 6.79. The van der Waals surface area contributed by atoms with E-state index in [0.29, 0.717) is 5.30 Å². The highest BCUT2D eigenvalue weighted by molar-refractivity contribution is 7.63. The van der Waals surface area contributed by atoms with Crippen molar-refractivity contribution < 1.29 is 13.6 Å². The summed E-state index contributed by atoms with van der Waals surface area (Å²) in [4.78, 5) is 8.53. The number of thiophene rings is 2. The molecule has 0 aliphatic rings. The zero-order valence-electron chi connectivity index (χ0n) is 31.2. The third-order valence-electron chi connectivity index (χ3n) is 9.31. The summed E-state index contributed by atoms with van der Waals surface area (Å²) in [7, 11) is -3.62. The Morgan fingerprint density at radius 2 is 0.786 bits per heavy atom. The summed E-state index contributed by atoms with van der Waals surface area (Å²) in [6, 6.07) is 65.1. The zero-order chi connectivity index (χ0) is 38.3. The number of rotatable bonds is 14. The fraction of sp³-hybridized carbons (Fsp3) is 0.0833. The van der Waals surface area contributed by atoms with E-state index in [9.17, 15) is 4.57 Å². The Morgan fingerprint density at radius 1 is 0.429 bits per heavy atom. The second kappa shape index (κ2) is 17.1. The third-order valence-corrected chi connectivity index (χ3v) is 14.1. The molecule has 0 aliphatic heterocycles. The van der Waals surface area contributed by atoms with Gasteiger partial charge in [-0.05, 0) is 116 Å². The Bertz CT molecular complexity index is 2430. The van der Waals surface area contributed by atoms with Crippen molar-refractivity contribution in [1.82, 2.24) is 0 Å². The molecule has 0 spiro atoms. The van der Waals surface area contributed by atoms with Crippen LogP contribution in [0.15, 0.2) is 188 Å². The molecule has 0 fully saturated rings. The SMILES string of the molecule is CCOP(=O)(OCC)c1cc(-c2ccc(N(c3ccccc3)c3ccccc3)cc2)sc1-c1ccc(-c2ccc(N(c3ccccc3)c3ccccc3)cc2)s1. The molecule has 0 saturated carbocycles. The highest BCUT2D eigenvalue weighted by atomic mass is 32.1. The van der Waals surface area contributed by atoms with Gasteiger partial charge in [-0.25, -0.2) is 0 Å². The topological polar surface area (TPSA) is 42.0 Å². The number of hydrogen-bond donors (Lipinski definition) is 0. The van der Waals surface area contributed by atoms with E-state index in [4.69, 9.17) is 9.05 Å². The number of para-hydroxylation sites is 4. The Hall–Kier alpha value is -5.53. The molecule has 0 amide bonds. The third kappa shape index (κ3) is 7.92. The van der Waals surface area contributed by atoms with Crippen LogP contribution in [0.2, 0.25) is 0 Å². The molecular weight excluding hydrogens is 748 g/mol. The minimum absolute atomic E-state index is 0.274. The number of anilines is 6. The first kappa shape index (κ1) is 37.4. The molecule has 5 nitrogen and oxygen atoms in total. The summed E-state index contributed by atoms with van der Waals surface area (Å²) >= 11 is 3.30. The minimum Gasteiger partial charge on any atom is -0.311 e. The summed E-state index contributed by atoms with van der Waals surface area (Å²) in [5, 5.41) is 0.602. The van der Waals surface area contributed by atoms with Crippen molar-refractivity contribution in [2.45, 2.75) is 13.8 Å². The molecule has 8 rings (SSSR count). The molecule has 0 N–H and O–H groups in total. The largest absolute Gasteiger partial charge is 0.362 e. The van der Waals surface area contributed by atoms with Gasteiger partial charge < -0.3 is 18.8 Å². The van der Waals surface area contributed by atoms with E-state index in [2.05, 4.69) is 168 Å². The fourth-order valence-corrected chi connectivity index (χ4v) is 11.3. The smallest absolute Gasteiger partial charge is 0.311 e. The number of hydrogen-bond acceptors (Lipinski definition) is 7. The van der Waals surface area contributed by atoms with Crippen LogP contribution in [-0.4, -0.2) is 13.2 Å². The molecule has 0 aliphatic carbocycles. The van der Waals surface area contributed by atoms with E-state index in [1.165, 1.54) is 0 Å². The van der Waals surface area contributed by atoms with Crippen LogP contribution >= 0.6 is 30.3 Å². The average molecular weight is 789 g/mol. The number of nitrogens with zero attached hydrogens (tertiary/aromatic N) is 2. The van der Waals surface area contributed by atoms with Gasteiger partial charge in [0.15, 0.2) is 0 Å². The second-order valence-corrected chi connectivity index (χ2v) is 17.1. The van der Waals surface area contributed by atoms with Crippen LogP contribution in [0.3, 0.4) is 0 Å². The monoisotopic (exact) mass is 788 g/mol. The lowest BCUT2D eigenvalue weighted by Gasteiger charge is -2.25. The second-order valence-electron chi connectivity index (χ2n) is 12.9. The van der Waals surface area contributed by atoms with Gasteiger partial charge in [-0.1, -0.05) is 97.1 Å². The van der Waals surface area contributed by atoms with Crippen molar-refractivity contribution in [1.29, 1.82) is 0 Å². The normalized spacial score (nSPS) is 11.4. The molecule has 2 heterocycles. The van der Waals surface area contributed by atoms with Crippen LogP contribution < -0.4 is 15.1 Å². The number of benzene rings is 6. The van der Waals surface area contributed by atoms with E-state index < -0.39 is 7.60 Å². The summed E-state index contributed by atoms with van der Waals surface area (Å²) in [6.07, 6.45) is 0. The van der Waals surface area contributed by atoms with Crippen LogP contribution in [0.25, 0.3) is 30.6 Å². The van der Waals surface area contributed by atoms with E-state index in [1.54, 1.807) is 22.7 Å². The maximum Gasteiger partial charge on any atom is 0.362 e. The lowest BCUT2D eigenvalue weighted by molar-refractivity contribution is 0.230. The quantitative estimate of drug-likeness (QED) is 0.103. The molecule has 8 heteroatoms. The highest BCUT2D eigenvalue weighted by Crippen LogP contribution is 2.53. The molecule has 56 heavy (non-hydrogen) atoms. The maximum absolute atomic E-state index is 14.5. The van der Waals surface area contributed by atoms with Gasteiger partial charge >= 0.3 is 7.60 Å². The molecule has 0 atom stereocenters. The molecule has 6 aromatic carbocycles. The van der Waals surface area contributed by atoms with Crippen LogP contribution in [0.1, 0.15) is 13.8 Å². The van der Waals surface area contributed by atoms with E-state index in [0.717, 1.165) is 64.8 Å². The van der Waals surface area contributed by atoms with Gasteiger partial charge in [0, 0.05) is 48.8 Å². The maximum atomic E-state index is 14.5. The van der Waals surface area contributed by atoms with Crippen molar-refractivity contribution in [3.8, 4) is 30.6 Å². The van der Waals surface area contributed by atoms with Crippen LogP contribution in [0, 0.1) is 0 Å². The predicted octanol–water partition coefficient (Wildman–Crippen LogP) is 14.6. The van der Waals surface area contributed by atoms with Gasteiger partial charge in [0.2, 0.25) is 0 Å². The van der Waals surface area contributed by atoms with Gasteiger partial charge in [0.1, 0.15) is 0 Å². The van der Waals surface area contributed by atoms with Gasteiger partial charge in [-0.15, -0.1) is 22.7 Å². The Kier molecular flexibility index (Phi) is 11.4. The van der Waals surface area contributed by atoms with Crippen molar-refractivity contribution >= 4 is 69.7 Å². The molecule has 2 aromatic heterocycles. The standard InChI is InChI=1S/C48H41N2O3PS2/c1-3-52-54(51,53-4-2)44-35-47(37-27-31-43(32-28-37)50(40-21-13-7-14-22-40)41-23-15-8-16-24-41)56-48(44)46-34-33-45(55-46)36-25-29-42(30-26-36)49(38-17-9-5-10-18-38)39-19-11-6-12-20-39/h5-35H,3-4H2,1-2H3. The van der Waals surface area contributed by atoms with Crippen molar-refractivity contribution in [2.75, 3.05) is 23.0 Å². The first-order valence-corrected chi connectivity index (χ1v) is 21.9. The highest BCUT2D eigenvalue weighted by Gasteiger charge is 2.33. The minimum atomic E-state index is -3.62. The van der Waals surface area contributed by atoms with Crippen molar-refractivity contribution in [2.24, 2.45) is 0 Å². The van der Waals surface area contributed by atoms with Gasteiger partial charge in [0.05, 0.1) is 23.4 Å². The van der Waals surface area contributed by atoms with Gasteiger partial charge in [0.25, 0.3) is 0 Å². The summed E-state index contributed by atoms with van der Waals surface area (Å²) < 4.78 is 26.4. The van der Waals surface area contributed by atoms with Crippen LogP contribution in [0.5, 0.6) is 0 Å². The predicted molar refractivity (Wildman–Crippen MR) is 238 cm³/mol. The first-order valence-electron chi connectivity index (χ1n) is 18.7. The van der Waals surface area contributed by atoms with Crippen LogP contribution in [0.4, 0.5) is 34.1 Å². The molecule has 278 valence electrons. The Labute approximate surface area is 337 Å². The molecule has 0 unspecified atom stereocenters. The molecule has 0 radical (unpaired) electrons. The lowest BCUT2D eigenvalue weighted by Crippen LogP contribution is -2.10. The summed E-state index contributed by atoms with van der Waals surface area (Å²) in [6.45, 7) is 4.26. The van der Waals surface area contributed by atoms with Gasteiger partial charge in [-0.3, -0.25) is 4.57 Å². The first-order chi connectivity index (χ1) is 27.5. The lowest BCUT2D eigenvalue weighted by atomic mass is 10.1. The van der Waals surface area contributed by atoms with Crippen molar-refractivity contribution in [3.05, 3.63) is 188 Å². The van der Waals surface area contributed by atoms with Gasteiger partial charge in [-0.2, -0.15) is 0 Å². The van der Waals surface area contributed by atoms with Crippen molar-refractivity contribution in [3.63, 3.8) is 0 Å². The van der Waals surface area contributed by atoms with Crippen LogP contribution in [-0.2, 0) is 13.6 Å².